The van der Waals surface area contributed by atoms with Gasteiger partial charge in [0, 0.05) is 36.4 Å². The monoisotopic (exact) mass is 358 g/mol. The average Bonchev–Trinajstić information content (AvgIpc) is 2.85. The minimum absolute atomic E-state index is 0.0835. The average molecular weight is 359 g/mol. The summed E-state index contributed by atoms with van der Waals surface area (Å²) in [5.74, 6) is 0.0835. The summed E-state index contributed by atoms with van der Waals surface area (Å²) in [5, 5.41) is 0. The molecule has 0 N–H and O–H groups in total. The topological polar surface area (TPSA) is 34.5 Å². The third-order valence-electron chi connectivity index (χ3n) is 3.77. The summed E-state index contributed by atoms with van der Waals surface area (Å²) >= 11 is 3.48. The largest absolute Gasteiger partial charge is 0.383 e. The van der Waals surface area contributed by atoms with E-state index < -0.39 is 0 Å². The van der Waals surface area contributed by atoms with E-state index in [1.165, 1.54) is 0 Å². The van der Waals surface area contributed by atoms with Crippen LogP contribution in [0.15, 0.2) is 16.7 Å². The van der Waals surface area contributed by atoms with Crippen LogP contribution in [0.4, 0.5) is 0 Å². The van der Waals surface area contributed by atoms with Gasteiger partial charge in [0.05, 0.1) is 6.61 Å². The van der Waals surface area contributed by atoms with Crippen LogP contribution in [0, 0.1) is 0 Å². The fraction of sp³-hybridized carbons (Fsp3) is 0.688. The summed E-state index contributed by atoms with van der Waals surface area (Å²) in [6.07, 6.45) is 3.88. The van der Waals surface area contributed by atoms with Gasteiger partial charge in [-0.15, -0.1) is 0 Å². The maximum Gasteiger partial charge on any atom is 0.270 e. The first-order chi connectivity index (χ1) is 9.96. The molecule has 1 rings (SSSR count). The van der Waals surface area contributed by atoms with E-state index in [9.17, 15) is 4.79 Å². The third kappa shape index (κ3) is 4.58. The zero-order chi connectivity index (χ0) is 16.0. The van der Waals surface area contributed by atoms with Gasteiger partial charge in [-0.1, -0.05) is 13.8 Å². The molecule has 0 saturated heterocycles. The summed E-state index contributed by atoms with van der Waals surface area (Å²) in [6.45, 7) is 9.60. The van der Waals surface area contributed by atoms with E-state index in [0.29, 0.717) is 13.2 Å². The predicted octanol–water partition coefficient (Wildman–Crippen LogP) is 4.11. The zero-order valence-electron chi connectivity index (χ0n) is 13.7. The molecular formula is C16H27BrN2O2. The number of carbonyl (C=O) groups excluding carboxylic acids is 1. The molecule has 0 aliphatic rings. The molecule has 0 radical (unpaired) electrons. The SMILES string of the molecule is CCC(CC)N(CCOC)C(=O)c1cc(Br)cn1C(C)C. The number of hydrogen-bond donors (Lipinski definition) is 0. The van der Waals surface area contributed by atoms with E-state index in [-0.39, 0.29) is 18.0 Å². The van der Waals surface area contributed by atoms with E-state index in [4.69, 9.17) is 4.74 Å². The van der Waals surface area contributed by atoms with Gasteiger partial charge in [0.2, 0.25) is 0 Å². The summed E-state index contributed by atoms with van der Waals surface area (Å²) in [7, 11) is 1.67. The first kappa shape index (κ1) is 18.2. The Kier molecular flexibility index (Phi) is 7.46. The van der Waals surface area contributed by atoms with Gasteiger partial charge < -0.3 is 14.2 Å². The summed E-state index contributed by atoms with van der Waals surface area (Å²) in [5.41, 5.74) is 0.736. The number of aromatic nitrogens is 1. The van der Waals surface area contributed by atoms with Gasteiger partial charge in [0.15, 0.2) is 0 Å². The molecular weight excluding hydrogens is 332 g/mol. The van der Waals surface area contributed by atoms with Crippen molar-refractivity contribution in [1.29, 1.82) is 0 Å². The minimum Gasteiger partial charge on any atom is -0.383 e. The van der Waals surface area contributed by atoms with E-state index in [1.807, 2.05) is 21.7 Å². The smallest absolute Gasteiger partial charge is 0.270 e. The highest BCUT2D eigenvalue weighted by atomic mass is 79.9. The summed E-state index contributed by atoms with van der Waals surface area (Å²) in [6, 6.07) is 2.41. The number of carbonyl (C=O) groups is 1. The van der Waals surface area contributed by atoms with Crippen LogP contribution in [0.1, 0.15) is 57.1 Å². The van der Waals surface area contributed by atoms with E-state index in [1.54, 1.807) is 7.11 Å². The van der Waals surface area contributed by atoms with Crippen LogP contribution < -0.4 is 0 Å². The number of rotatable bonds is 8. The lowest BCUT2D eigenvalue weighted by molar-refractivity contribution is 0.0577. The minimum atomic E-state index is 0.0835. The molecule has 1 heterocycles. The number of halogens is 1. The molecule has 21 heavy (non-hydrogen) atoms. The second-order valence-electron chi connectivity index (χ2n) is 5.51. The summed E-state index contributed by atoms with van der Waals surface area (Å²) in [4.78, 5) is 14.9. The fourth-order valence-electron chi connectivity index (χ4n) is 2.56. The van der Waals surface area contributed by atoms with Crippen molar-refractivity contribution in [1.82, 2.24) is 9.47 Å². The van der Waals surface area contributed by atoms with Crippen molar-refractivity contribution < 1.29 is 9.53 Å². The second kappa shape index (κ2) is 8.59. The van der Waals surface area contributed by atoms with Gasteiger partial charge in [-0.25, -0.2) is 0 Å². The number of nitrogens with zero attached hydrogens (tertiary/aromatic N) is 2. The molecule has 0 bridgehead atoms. The first-order valence-corrected chi connectivity index (χ1v) is 8.42. The van der Waals surface area contributed by atoms with Gasteiger partial charge in [0.25, 0.3) is 5.91 Å². The molecule has 0 spiro atoms. The van der Waals surface area contributed by atoms with Crippen molar-refractivity contribution in [2.45, 2.75) is 52.6 Å². The normalized spacial score (nSPS) is 11.4. The Morgan fingerprint density at radius 3 is 2.48 bits per heavy atom. The molecule has 4 nitrogen and oxygen atoms in total. The lowest BCUT2D eigenvalue weighted by Gasteiger charge is -2.31. The summed E-state index contributed by atoms with van der Waals surface area (Å²) < 4.78 is 8.13. The molecule has 0 fully saturated rings. The molecule has 0 aliphatic heterocycles. The van der Waals surface area contributed by atoms with Crippen LogP contribution in [0.5, 0.6) is 0 Å². The molecule has 1 aromatic rings. The highest BCUT2D eigenvalue weighted by Crippen LogP contribution is 2.22. The van der Waals surface area contributed by atoms with Crippen molar-refractivity contribution in [2.24, 2.45) is 0 Å². The third-order valence-corrected chi connectivity index (χ3v) is 4.20. The molecule has 0 unspecified atom stereocenters. The molecule has 120 valence electrons. The van der Waals surface area contributed by atoms with Gasteiger partial charge in [-0.2, -0.15) is 0 Å². The lowest BCUT2D eigenvalue weighted by Crippen LogP contribution is -2.42. The molecule has 0 aromatic carbocycles. The fourth-order valence-corrected chi connectivity index (χ4v) is 3.00. The van der Waals surface area contributed by atoms with Crippen LogP contribution in [0.2, 0.25) is 0 Å². The molecule has 1 amide bonds. The Hall–Kier alpha value is -0.810. The maximum atomic E-state index is 13.0. The highest BCUT2D eigenvalue weighted by Gasteiger charge is 2.25. The molecule has 0 atom stereocenters. The van der Waals surface area contributed by atoms with Gasteiger partial charge in [-0.05, 0) is 48.7 Å². The van der Waals surface area contributed by atoms with E-state index in [0.717, 1.165) is 23.0 Å². The van der Waals surface area contributed by atoms with Crippen molar-refractivity contribution in [3.05, 3.63) is 22.4 Å². The van der Waals surface area contributed by atoms with Crippen LogP contribution >= 0.6 is 15.9 Å². The number of methoxy groups -OCH3 is 1. The zero-order valence-corrected chi connectivity index (χ0v) is 15.3. The van der Waals surface area contributed by atoms with Crippen molar-refractivity contribution in [2.75, 3.05) is 20.3 Å². The maximum absolute atomic E-state index is 13.0. The van der Waals surface area contributed by atoms with Gasteiger partial charge >= 0.3 is 0 Å². The Labute approximate surface area is 136 Å². The van der Waals surface area contributed by atoms with Crippen molar-refractivity contribution >= 4 is 21.8 Å². The van der Waals surface area contributed by atoms with Crippen molar-refractivity contribution in [3.8, 4) is 0 Å². The standard InChI is InChI=1S/C16H27BrN2O2/c1-6-14(7-2)18(8-9-21-5)16(20)15-10-13(17)11-19(15)12(3)4/h10-12,14H,6-9H2,1-5H3. The van der Waals surface area contributed by atoms with Crippen LogP contribution in [-0.2, 0) is 4.74 Å². The van der Waals surface area contributed by atoms with Crippen molar-refractivity contribution in [3.63, 3.8) is 0 Å². The Morgan fingerprint density at radius 2 is 2.00 bits per heavy atom. The molecule has 1 aromatic heterocycles. The predicted molar refractivity (Wildman–Crippen MR) is 89.8 cm³/mol. The van der Waals surface area contributed by atoms with Gasteiger partial charge in [-0.3, -0.25) is 4.79 Å². The second-order valence-corrected chi connectivity index (χ2v) is 6.42. The Bertz CT molecular complexity index is 453. The number of ether oxygens (including phenoxy) is 1. The molecule has 0 saturated carbocycles. The van der Waals surface area contributed by atoms with Crippen LogP contribution in [0.3, 0.4) is 0 Å². The van der Waals surface area contributed by atoms with Gasteiger partial charge in [0.1, 0.15) is 5.69 Å². The van der Waals surface area contributed by atoms with E-state index in [2.05, 4.69) is 43.6 Å². The number of amides is 1. The Balaban J connectivity index is 3.09. The van der Waals surface area contributed by atoms with Crippen LogP contribution in [0.25, 0.3) is 0 Å². The lowest BCUT2D eigenvalue weighted by atomic mass is 10.1. The molecule has 0 aliphatic carbocycles. The van der Waals surface area contributed by atoms with E-state index >= 15 is 0 Å². The first-order valence-electron chi connectivity index (χ1n) is 7.63. The van der Waals surface area contributed by atoms with Crippen LogP contribution in [-0.4, -0.2) is 41.7 Å². The Morgan fingerprint density at radius 1 is 1.38 bits per heavy atom. The quantitative estimate of drug-likeness (QED) is 0.700. The number of hydrogen-bond acceptors (Lipinski definition) is 2. The molecule has 5 heteroatoms. The highest BCUT2D eigenvalue weighted by molar-refractivity contribution is 9.10.